The second-order valence-corrected chi connectivity index (χ2v) is 9.49. The monoisotopic (exact) mass is 410 g/mol. The molecule has 1 saturated heterocycles. The third-order valence-electron chi connectivity index (χ3n) is 7.96. The number of fused-ring (bicyclic) bond motifs is 3. The van der Waals surface area contributed by atoms with Crippen LogP contribution in [0.25, 0.3) is 0 Å². The topological polar surface area (TPSA) is 76.1 Å². The molecule has 3 aliphatic rings. The van der Waals surface area contributed by atoms with Gasteiger partial charge in [-0.15, -0.1) is 0 Å². The Morgan fingerprint density at radius 3 is 2.70 bits per heavy atom. The molecule has 2 aliphatic carbocycles. The van der Waals surface area contributed by atoms with Gasteiger partial charge in [0.1, 0.15) is 17.5 Å². The molecule has 1 heterocycles. The van der Waals surface area contributed by atoms with E-state index < -0.39 is 16.6 Å². The van der Waals surface area contributed by atoms with Crippen LogP contribution in [-0.2, 0) is 25.5 Å². The zero-order valence-corrected chi connectivity index (χ0v) is 18.4. The van der Waals surface area contributed by atoms with Gasteiger partial charge in [0.05, 0.1) is 6.42 Å². The Balaban J connectivity index is 1.55. The fourth-order valence-corrected chi connectivity index (χ4v) is 5.80. The minimum absolute atomic E-state index is 0.0117. The van der Waals surface area contributed by atoms with Gasteiger partial charge in [-0.1, -0.05) is 38.1 Å². The molecule has 5 heteroatoms. The molecule has 0 radical (unpaired) electrons. The van der Waals surface area contributed by atoms with Gasteiger partial charge in [0.2, 0.25) is 0 Å². The summed E-state index contributed by atoms with van der Waals surface area (Å²) in [5, 5.41) is 9.68. The number of phenolic OH excluding ortho intramolecular Hbond substituents is 1. The second kappa shape index (κ2) is 6.55. The summed E-state index contributed by atoms with van der Waals surface area (Å²) in [4.78, 5) is 25.5. The number of hydrogen-bond acceptors (Lipinski definition) is 5. The van der Waals surface area contributed by atoms with Gasteiger partial charge in [-0.3, -0.25) is 9.59 Å². The first-order valence-corrected chi connectivity index (χ1v) is 10.6. The molecule has 0 spiro atoms. The average molecular weight is 411 g/mol. The van der Waals surface area contributed by atoms with Crippen molar-refractivity contribution in [3.05, 3.63) is 53.1 Å². The number of benzene rings is 1. The van der Waals surface area contributed by atoms with E-state index >= 15 is 0 Å². The zero-order chi connectivity index (χ0) is 22.1. The summed E-state index contributed by atoms with van der Waals surface area (Å²) in [6.07, 6.45) is 3.04. The van der Waals surface area contributed by atoms with Crippen LogP contribution in [0.3, 0.4) is 0 Å². The number of aryl methyl sites for hydroxylation is 1. The Bertz CT molecular complexity index is 991. The summed E-state index contributed by atoms with van der Waals surface area (Å²) in [6, 6.07) is 5.14. The lowest BCUT2D eigenvalue weighted by Gasteiger charge is -2.50. The third kappa shape index (κ3) is 2.57. The Morgan fingerprint density at radius 2 is 2.07 bits per heavy atom. The van der Waals surface area contributed by atoms with Crippen molar-refractivity contribution in [2.75, 3.05) is 0 Å². The highest BCUT2D eigenvalue weighted by Gasteiger charge is 2.82. The number of carbonyl (C=O) groups excluding carboxylic acids is 2. The second-order valence-electron chi connectivity index (χ2n) is 9.49. The molecule has 2 fully saturated rings. The van der Waals surface area contributed by atoms with Gasteiger partial charge in [0.25, 0.3) is 0 Å². The number of ketones is 1. The molecule has 1 aliphatic heterocycles. The number of rotatable bonds is 4. The van der Waals surface area contributed by atoms with Gasteiger partial charge >= 0.3 is 5.97 Å². The van der Waals surface area contributed by atoms with Crippen LogP contribution < -0.4 is 0 Å². The number of esters is 1. The molecule has 0 aromatic heterocycles. The van der Waals surface area contributed by atoms with Crippen molar-refractivity contribution in [1.29, 1.82) is 0 Å². The quantitative estimate of drug-likeness (QED) is 0.457. The number of ether oxygens (including phenoxy) is 2. The first-order chi connectivity index (χ1) is 14.0. The predicted molar refractivity (Wildman–Crippen MR) is 113 cm³/mol. The molecule has 160 valence electrons. The van der Waals surface area contributed by atoms with Crippen LogP contribution in [0.1, 0.15) is 51.7 Å². The van der Waals surface area contributed by atoms with E-state index in [2.05, 4.69) is 20.4 Å². The lowest BCUT2D eigenvalue weighted by molar-refractivity contribution is -0.156. The van der Waals surface area contributed by atoms with E-state index in [0.29, 0.717) is 12.8 Å². The van der Waals surface area contributed by atoms with E-state index in [1.807, 2.05) is 13.8 Å². The van der Waals surface area contributed by atoms with Crippen molar-refractivity contribution < 1.29 is 24.2 Å². The average Bonchev–Trinajstić information content (AvgIpc) is 3.34. The molecule has 1 saturated carbocycles. The molecule has 1 N–H and O–H groups in total. The molecule has 5 atom stereocenters. The van der Waals surface area contributed by atoms with Crippen molar-refractivity contribution in [2.45, 2.75) is 71.2 Å². The van der Waals surface area contributed by atoms with Crippen LogP contribution >= 0.6 is 0 Å². The SMILES string of the molecule is C=C(C)[C@@]12O[C@]1(C)[C@@]1(C)C(=CC2=O)CC[C@@H](OC(=O)Cc2ccc(O)c(C)c2)[C@@H]1C. The third-order valence-corrected chi connectivity index (χ3v) is 7.96. The van der Waals surface area contributed by atoms with Gasteiger partial charge in [0, 0.05) is 11.3 Å². The highest BCUT2D eigenvalue weighted by molar-refractivity contribution is 6.05. The molecule has 0 bridgehead atoms. The molecule has 4 rings (SSSR count). The standard InChI is InChI=1S/C25H30O5/c1-14(2)25-21(27)13-18-8-10-20(16(4)23(18,5)24(25,6)30-25)29-22(28)12-17-7-9-19(26)15(3)11-17/h7,9,11,13,16,20,26H,1,8,10,12H2,2-6H3/t16-,20+,23+,24+,25-/m0/s1. The molecule has 1 aromatic rings. The maximum absolute atomic E-state index is 12.9. The van der Waals surface area contributed by atoms with E-state index in [4.69, 9.17) is 9.47 Å². The van der Waals surface area contributed by atoms with Gasteiger partial charge in [-0.05, 0) is 62.5 Å². The fourth-order valence-electron chi connectivity index (χ4n) is 5.80. The van der Waals surface area contributed by atoms with Crippen LogP contribution in [-0.4, -0.2) is 34.2 Å². The highest BCUT2D eigenvalue weighted by atomic mass is 16.6. The summed E-state index contributed by atoms with van der Waals surface area (Å²) in [7, 11) is 0. The first-order valence-electron chi connectivity index (χ1n) is 10.6. The molecule has 30 heavy (non-hydrogen) atoms. The summed E-state index contributed by atoms with van der Waals surface area (Å²) in [5.41, 5.74) is 1.29. The molecule has 0 unspecified atom stereocenters. The summed E-state index contributed by atoms with van der Waals surface area (Å²) >= 11 is 0. The van der Waals surface area contributed by atoms with E-state index in [1.165, 1.54) is 0 Å². The van der Waals surface area contributed by atoms with Crippen molar-refractivity contribution in [1.82, 2.24) is 0 Å². The Labute approximate surface area is 177 Å². The van der Waals surface area contributed by atoms with Crippen LogP contribution in [0.5, 0.6) is 5.75 Å². The van der Waals surface area contributed by atoms with Crippen molar-refractivity contribution in [2.24, 2.45) is 11.3 Å². The fraction of sp³-hybridized carbons (Fsp3) is 0.520. The molecule has 0 amide bonds. The number of phenols is 1. The summed E-state index contributed by atoms with van der Waals surface area (Å²) < 4.78 is 12.1. The molecular weight excluding hydrogens is 380 g/mol. The Hall–Kier alpha value is -2.40. The smallest absolute Gasteiger partial charge is 0.310 e. The maximum Gasteiger partial charge on any atom is 0.310 e. The van der Waals surface area contributed by atoms with Crippen LogP contribution in [0.4, 0.5) is 0 Å². The van der Waals surface area contributed by atoms with Crippen LogP contribution in [0.2, 0.25) is 0 Å². The molecule has 1 aromatic carbocycles. The number of aromatic hydroxyl groups is 1. The predicted octanol–water partition coefficient (Wildman–Crippen LogP) is 4.20. The van der Waals surface area contributed by atoms with E-state index in [9.17, 15) is 14.7 Å². The van der Waals surface area contributed by atoms with Crippen molar-refractivity contribution in [3.8, 4) is 5.75 Å². The van der Waals surface area contributed by atoms with Gasteiger partial charge in [-0.25, -0.2) is 0 Å². The summed E-state index contributed by atoms with van der Waals surface area (Å²) in [6.45, 7) is 13.9. The molecular formula is C25H30O5. The van der Waals surface area contributed by atoms with Gasteiger partial charge in [0.15, 0.2) is 11.4 Å². The minimum Gasteiger partial charge on any atom is -0.508 e. The normalized spacial score (nSPS) is 37.0. The van der Waals surface area contributed by atoms with Gasteiger partial charge < -0.3 is 14.6 Å². The molecule has 5 nitrogen and oxygen atoms in total. The van der Waals surface area contributed by atoms with E-state index in [1.54, 1.807) is 31.2 Å². The van der Waals surface area contributed by atoms with E-state index in [-0.39, 0.29) is 35.9 Å². The summed E-state index contributed by atoms with van der Waals surface area (Å²) in [5.74, 6) is -0.101. The van der Waals surface area contributed by atoms with Crippen LogP contribution in [0, 0.1) is 18.3 Å². The lowest BCUT2D eigenvalue weighted by atomic mass is 9.52. The van der Waals surface area contributed by atoms with Gasteiger partial charge in [-0.2, -0.15) is 0 Å². The Kier molecular flexibility index (Phi) is 4.55. The Morgan fingerprint density at radius 1 is 1.37 bits per heavy atom. The van der Waals surface area contributed by atoms with Crippen LogP contribution in [0.15, 0.2) is 42.0 Å². The number of carbonyl (C=O) groups is 2. The largest absolute Gasteiger partial charge is 0.508 e. The minimum atomic E-state index is -0.963. The number of epoxide rings is 1. The number of hydrogen-bond donors (Lipinski definition) is 1. The maximum atomic E-state index is 12.9. The lowest BCUT2D eigenvalue weighted by Crippen LogP contribution is -2.56. The highest BCUT2D eigenvalue weighted by Crippen LogP contribution is 2.70. The van der Waals surface area contributed by atoms with Crippen molar-refractivity contribution in [3.63, 3.8) is 0 Å². The van der Waals surface area contributed by atoms with E-state index in [0.717, 1.165) is 22.3 Å². The van der Waals surface area contributed by atoms with Crippen molar-refractivity contribution >= 4 is 11.8 Å². The zero-order valence-electron chi connectivity index (χ0n) is 18.4. The first kappa shape index (κ1) is 20.9.